The van der Waals surface area contributed by atoms with Crippen molar-refractivity contribution in [2.45, 2.75) is 46.4 Å². The van der Waals surface area contributed by atoms with Gasteiger partial charge in [-0.05, 0) is 71.5 Å². The van der Waals surface area contributed by atoms with E-state index in [1.807, 2.05) is 48.0 Å². The molecule has 5 rings (SSSR count). The molecule has 178 valence electrons. The third-order valence-electron chi connectivity index (χ3n) is 6.15. The average molecular weight is 469 g/mol. The molecule has 1 N–H and O–H groups in total. The second-order valence-corrected chi connectivity index (χ2v) is 8.95. The Morgan fingerprint density at radius 3 is 2.66 bits per heavy atom. The highest BCUT2D eigenvalue weighted by Gasteiger charge is 2.17. The summed E-state index contributed by atoms with van der Waals surface area (Å²) in [6, 6.07) is 20.2. The maximum atomic E-state index is 13.0. The van der Waals surface area contributed by atoms with Gasteiger partial charge < -0.3 is 9.40 Å². The Hall–Kier alpha value is -4.04. The molecule has 0 saturated heterocycles. The van der Waals surface area contributed by atoms with E-state index in [1.165, 1.54) is 5.56 Å². The van der Waals surface area contributed by atoms with Crippen molar-refractivity contribution in [3.8, 4) is 0 Å². The molecule has 0 aliphatic rings. The molecule has 0 aliphatic carbocycles. The molecule has 0 radical (unpaired) electrons. The first kappa shape index (κ1) is 22.7. The van der Waals surface area contributed by atoms with E-state index < -0.39 is 0 Å². The lowest BCUT2D eigenvalue weighted by Gasteiger charge is -2.21. The van der Waals surface area contributed by atoms with Crippen LogP contribution in [-0.2, 0) is 32.6 Å². The van der Waals surface area contributed by atoms with Crippen molar-refractivity contribution in [2.24, 2.45) is 0 Å². The molecule has 35 heavy (non-hydrogen) atoms. The van der Waals surface area contributed by atoms with Crippen molar-refractivity contribution in [3.05, 3.63) is 111 Å². The zero-order valence-corrected chi connectivity index (χ0v) is 19.9. The standard InChI is InChI=1S/C27H28N6O2/c1-19-13-20(2)26-22(14-19)15-23(27(34)28-26)16-32(17-24-9-6-12-35-24)18-25-29-30-31-33(25)11-10-21-7-4-3-5-8-21/h3-9,12-15H,10-11,16-18H2,1-2H3,(H,28,34). The van der Waals surface area contributed by atoms with Crippen LogP contribution in [0.15, 0.2) is 76.1 Å². The van der Waals surface area contributed by atoms with E-state index in [4.69, 9.17) is 4.42 Å². The Kier molecular flexibility index (Phi) is 6.54. The smallest absolute Gasteiger partial charge is 0.252 e. The van der Waals surface area contributed by atoms with E-state index in [2.05, 4.69) is 56.6 Å². The molecule has 8 nitrogen and oxygen atoms in total. The number of hydrogen-bond acceptors (Lipinski definition) is 6. The van der Waals surface area contributed by atoms with E-state index in [9.17, 15) is 4.79 Å². The van der Waals surface area contributed by atoms with Gasteiger partial charge in [0, 0.05) is 18.7 Å². The van der Waals surface area contributed by atoms with E-state index >= 15 is 0 Å². The van der Waals surface area contributed by atoms with Gasteiger partial charge in [-0.3, -0.25) is 9.69 Å². The lowest BCUT2D eigenvalue weighted by atomic mass is 10.1. The van der Waals surface area contributed by atoms with Crippen LogP contribution in [0, 0.1) is 13.8 Å². The van der Waals surface area contributed by atoms with Gasteiger partial charge in [0.1, 0.15) is 5.76 Å². The monoisotopic (exact) mass is 468 g/mol. The number of aryl methyl sites for hydroxylation is 4. The lowest BCUT2D eigenvalue weighted by Crippen LogP contribution is -2.28. The number of aromatic amines is 1. The second kappa shape index (κ2) is 10.1. The highest BCUT2D eigenvalue weighted by Crippen LogP contribution is 2.19. The topological polar surface area (TPSA) is 92.8 Å². The maximum absolute atomic E-state index is 13.0. The van der Waals surface area contributed by atoms with Crippen LogP contribution in [0.3, 0.4) is 0 Å². The maximum Gasteiger partial charge on any atom is 0.252 e. The first-order valence-corrected chi connectivity index (χ1v) is 11.7. The molecular formula is C27H28N6O2. The fourth-order valence-corrected chi connectivity index (χ4v) is 4.47. The second-order valence-electron chi connectivity index (χ2n) is 8.95. The van der Waals surface area contributed by atoms with Gasteiger partial charge in [-0.2, -0.15) is 0 Å². The molecular weight excluding hydrogens is 440 g/mol. The largest absolute Gasteiger partial charge is 0.468 e. The van der Waals surface area contributed by atoms with Gasteiger partial charge in [-0.15, -0.1) is 5.10 Å². The van der Waals surface area contributed by atoms with Crippen molar-refractivity contribution in [1.29, 1.82) is 0 Å². The summed E-state index contributed by atoms with van der Waals surface area (Å²) in [5, 5.41) is 13.4. The van der Waals surface area contributed by atoms with Gasteiger partial charge in [-0.25, -0.2) is 4.68 Å². The van der Waals surface area contributed by atoms with Crippen molar-refractivity contribution >= 4 is 10.9 Å². The average Bonchev–Trinajstić information content (AvgIpc) is 3.51. The van der Waals surface area contributed by atoms with Crippen LogP contribution in [0.2, 0.25) is 0 Å². The Labute approximate surface area is 203 Å². The Morgan fingerprint density at radius 2 is 1.86 bits per heavy atom. The fraction of sp³-hybridized carbons (Fsp3) is 0.259. The van der Waals surface area contributed by atoms with Gasteiger partial charge >= 0.3 is 0 Å². The van der Waals surface area contributed by atoms with Crippen LogP contribution in [0.4, 0.5) is 0 Å². The number of rotatable bonds is 9. The third-order valence-corrected chi connectivity index (χ3v) is 6.15. The minimum Gasteiger partial charge on any atom is -0.468 e. The zero-order valence-electron chi connectivity index (χ0n) is 19.9. The van der Waals surface area contributed by atoms with Gasteiger partial charge in [-0.1, -0.05) is 42.0 Å². The van der Waals surface area contributed by atoms with E-state index in [0.29, 0.717) is 31.7 Å². The Morgan fingerprint density at radius 1 is 1.00 bits per heavy atom. The number of benzene rings is 2. The number of H-pyrrole nitrogens is 1. The van der Waals surface area contributed by atoms with Crippen molar-refractivity contribution < 1.29 is 4.42 Å². The number of nitrogens with zero attached hydrogens (tertiary/aromatic N) is 5. The van der Waals surface area contributed by atoms with Gasteiger partial charge in [0.15, 0.2) is 5.82 Å². The molecule has 2 aromatic carbocycles. The quantitative estimate of drug-likeness (QED) is 0.349. The van der Waals surface area contributed by atoms with Crippen molar-refractivity contribution in [3.63, 3.8) is 0 Å². The molecule has 0 spiro atoms. The van der Waals surface area contributed by atoms with Crippen molar-refractivity contribution in [2.75, 3.05) is 0 Å². The molecule has 0 bridgehead atoms. The number of fused-ring (bicyclic) bond motifs is 1. The number of hydrogen-bond donors (Lipinski definition) is 1. The van der Waals surface area contributed by atoms with E-state index in [-0.39, 0.29) is 5.56 Å². The highest BCUT2D eigenvalue weighted by molar-refractivity contribution is 5.82. The van der Waals surface area contributed by atoms with Crippen molar-refractivity contribution in [1.82, 2.24) is 30.1 Å². The van der Waals surface area contributed by atoms with E-state index in [0.717, 1.165) is 40.0 Å². The first-order valence-electron chi connectivity index (χ1n) is 11.7. The van der Waals surface area contributed by atoms with E-state index in [1.54, 1.807) is 6.26 Å². The van der Waals surface area contributed by atoms with Gasteiger partial charge in [0.05, 0.1) is 24.9 Å². The summed E-state index contributed by atoms with van der Waals surface area (Å²) >= 11 is 0. The molecule has 3 heterocycles. The summed E-state index contributed by atoms with van der Waals surface area (Å²) in [4.78, 5) is 18.2. The summed E-state index contributed by atoms with van der Waals surface area (Å²) in [6.45, 7) is 6.20. The summed E-state index contributed by atoms with van der Waals surface area (Å²) in [5.41, 5.74) is 4.95. The fourth-order valence-electron chi connectivity index (χ4n) is 4.47. The number of nitrogens with one attached hydrogen (secondary N) is 1. The molecule has 0 atom stereocenters. The predicted octanol–water partition coefficient (Wildman–Crippen LogP) is 4.17. The highest BCUT2D eigenvalue weighted by atomic mass is 16.3. The molecule has 0 unspecified atom stereocenters. The molecule has 0 saturated carbocycles. The number of pyridine rings is 1. The van der Waals surface area contributed by atoms with Crippen LogP contribution in [-0.4, -0.2) is 30.1 Å². The molecule has 8 heteroatoms. The number of tetrazole rings is 1. The molecule has 5 aromatic rings. The summed E-state index contributed by atoms with van der Waals surface area (Å²) < 4.78 is 7.44. The van der Waals surface area contributed by atoms with Crippen LogP contribution in [0.5, 0.6) is 0 Å². The number of aromatic nitrogens is 5. The molecule has 3 aromatic heterocycles. The zero-order chi connectivity index (χ0) is 24.2. The first-order chi connectivity index (χ1) is 17.0. The molecule has 0 aliphatic heterocycles. The van der Waals surface area contributed by atoms with Crippen LogP contribution >= 0.6 is 0 Å². The van der Waals surface area contributed by atoms with Crippen LogP contribution < -0.4 is 5.56 Å². The minimum atomic E-state index is -0.0856. The molecule has 0 fully saturated rings. The molecule has 0 amide bonds. The predicted molar refractivity (Wildman–Crippen MR) is 134 cm³/mol. The lowest BCUT2D eigenvalue weighted by molar-refractivity contribution is 0.216. The summed E-state index contributed by atoms with van der Waals surface area (Å²) in [7, 11) is 0. The van der Waals surface area contributed by atoms with Gasteiger partial charge in [0.2, 0.25) is 0 Å². The SMILES string of the molecule is Cc1cc(C)c2[nH]c(=O)c(CN(Cc3ccco3)Cc3nnnn3CCc3ccccc3)cc2c1. The van der Waals surface area contributed by atoms with Crippen LogP contribution in [0.25, 0.3) is 10.9 Å². The summed E-state index contributed by atoms with van der Waals surface area (Å²) in [5.74, 6) is 1.56. The van der Waals surface area contributed by atoms with Gasteiger partial charge in [0.25, 0.3) is 5.56 Å². The Bertz CT molecular complexity index is 1470. The number of furan rings is 1. The Balaban J connectivity index is 1.40. The van der Waals surface area contributed by atoms with Crippen LogP contribution in [0.1, 0.15) is 33.8 Å². The summed E-state index contributed by atoms with van der Waals surface area (Å²) in [6.07, 6.45) is 2.49. The normalized spacial score (nSPS) is 11.5. The minimum absolute atomic E-state index is 0.0856. The third kappa shape index (κ3) is 5.38.